The van der Waals surface area contributed by atoms with E-state index in [2.05, 4.69) is 36.0 Å². The number of hydrogen-bond donors (Lipinski definition) is 1. The number of thiazole rings is 1. The zero-order valence-corrected chi connectivity index (χ0v) is 11.9. The largest absolute Gasteiger partial charge is 0.309 e. The third kappa shape index (κ3) is 3.27. The van der Waals surface area contributed by atoms with Crippen LogP contribution in [0, 0.1) is 13.8 Å². The molecule has 1 aliphatic rings. The van der Waals surface area contributed by atoms with Crippen molar-refractivity contribution in [3.05, 3.63) is 15.6 Å². The molecule has 2 heterocycles. The van der Waals surface area contributed by atoms with Crippen molar-refractivity contribution < 1.29 is 0 Å². The Labute approximate surface area is 108 Å². The fourth-order valence-corrected chi connectivity index (χ4v) is 3.41. The van der Waals surface area contributed by atoms with E-state index in [9.17, 15) is 0 Å². The molecule has 0 saturated carbocycles. The topological polar surface area (TPSA) is 28.2 Å². The third-order valence-corrected chi connectivity index (χ3v) is 4.71. The second-order valence-electron chi connectivity index (χ2n) is 4.80. The summed E-state index contributed by atoms with van der Waals surface area (Å²) in [6.07, 6.45) is 2.70. The zero-order valence-electron chi connectivity index (χ0n) is 11.1. The van der Waals surface area contributed by atoms with Gasteiger partial charge in [0.1, 0.15) is 5.01 Å². The Morgan fingerprint density at radius 2 is 2.29 bits per heavy atom. The van der Waals surface area contributed by atoms with Crippen molar-refractivity contribution in [2.24, 2.45) is 0 Å². The number of likely N-dealkylation sites (N-methyl/N-ethyl adjacent to an activating group) is 1. The van der Waals surface area contributed by atoms with Crippen LogP contribution in [0.25, 0.3) is 0 Å². The lowest BCUT2D eigenvalue weighted by atomic mass is 10.2. The predicted molar refractivity (Wildman–Crippen MR) is 73.6 cm³/mol. The SMILES string of the molecule is CCN1CCCC1CNCc1nc(C)c(C)s1. The van der Waals surface area contributed by atoms with E-state index in [0.29, 0.717) is 0 Å². The van der Waals surface area contributed by atoms with E-state index in [1.807, 2.05) is 11.3 Å². The van der Waals surface area contributed by atoms with Gasteiger partial charge in [-0.2, -0.15) is 0 Å². The van der Waals surface area contributed by atoms with E-state index in [1.165, 1.54) is 41.5 Å². The van der Waals surface area contributed by atoms with E-state index in [-0.39, 0.29) is 0 Å². The average Bonchev–Trinajstić information content (AvgIpc) is 2.87. The van der Waals surface area contributed by atoms with Gasteiger partial charge in [0.05, 0.1) is 5.69 Å². The van der Waals surface area contributed by atoms with E-state index in [4.69, 9.17) is 0 Å². The lowest BCUT2D eigenvalue weighted by Crippen LogP contribution is -2.37. The van der Waals surface area contributed by atoms with Gasteiger partial charge in [-0.25, -0.2) is 4.98 Å². The number of aryl methyl sites for hydroxylation is 2. The van der Waals surface area contributed by atoms with Crippen LogP contribution >= 0.6 is 11.3 Å². The minimum absolute atomic E-state index is 0.738. The van der Waals surface area contributed by atoms with Gasteiger partial charge in [-0.3, -0.25) is 4.90 Å². The molecule has 96 valence electrons. The second-order valence-corrected chi connectivity index (χ2v) is 6.09. The van der Waals surface area contributed by atoms with Crippen LogP contribution in [0.4, 0.5) is 0 Å². The quantitative estimate of drug-likeness (QED) is 0.873. The Morgan fingerprint density at radius 3 is 2.94 bits per heavy atom. The van der Waals surface area contributed by atoms with Crippen LogP contribution in [0.1, 0.15) is 35.3 Å². The van der Waals surface area contributed by atoms with Gasteiger partial charge in [-0.1, -0.05) is 6.92 Å². The van der Waals surface area contributed by atoms with Gasteiger partial charge in [0.15, 0.2) is 0 Å². The molecule has 1 N–H and O–H groups in total. The molecule has 1 aliphatic heterocycles. The standard InChI is InChI=1S/C13H23N3S/c1-4-16-7-5-6-12(16)8-14-9-13-15-10(2)11(3)17-13/h12,14H,4-9H2,1-3H3. The molecule has 0 radical (unpaired) electrons. The van der Waals surface area contributed by atoms with E-state index in [0.717, 1.165) is 19.1 Å². The predicted octanol–water partition coefficient (Wildman–Crippen LogP) is 2.33. The zero-order chi connectivity index (χ0) is 12.3. The molecule has 0 aromatic carbocycles. The van der Waals surface area contributed by atoms with Gasteiger partial charge < -0.3 is 5.32 Å². The van der Waals surface area contributed by atoms with Crippen molar-refractivity contribution in [3.8, 4) is 0 Å². The van der Waals surface area contributed by atoms with Gasteiger partial charge in [0.2, 0.25) is 0 Å². The summed E-state index contributed by atoms with van der Waals surface area (Å²) in [4.78, 5) is 8.48. The summed E-state index contributed by atoms with van der Waals surface area (Å²) in [5.41, 5.74) is 1.18. The van der Waals surface area contributed by atoms with Crippen LogP contribution in [0.15, 0.2) is 0 Å². The lowest BCUT2D eigenvalue weighted by molar-refractivity contribution is 0.260. The highest BCUT2D eigenvalue weighted by molar-refractivity contribution is 7.11. The van der Waals surface area contributed by atoms with Gasteiger partial charge in [-0.15, -0.1) is 11.3 Å². The second kappa shape index (κ2) is 5.94. The molecule has 1 fully saturated rings. The van der Waals surface area contributed by atoms with Crippen molar-refractivity contribution in [3.63, 3.8) is 0 Å². The highest BCUT2D eigenvalue weighted by Gasteiger charge is 2.22. The van der Waals surface area contributed by atoms with Gasteiger partial charge in [-0.05, 0) is 39.8 Å². The van der Waals surface area contributed by atoms with Crippen LogP contribution in [0.5, 0.6) is 0 Å². The van der Waals surface area contributed by atoms with Crippen LogP contribution < -0.4 is 5.32 Å². The molecule has 17 heavy (non-hydrogen) atoms. The van der Waals surface area contributed by atoms with Gasteiger partial charge in [0.25, 0.3) is 0 Å². The average molecular weight is 253 g/mol. The van der Waals surface area contributed by atoms with Crippen molar-refractivity contribution in [2.45, 2.75) is 46.2 Å². The van der Waals surface area contributed by atoms with Crippen molar-refractivity contribution in [1.82, 2.24) is 15.2 Å². The normalized spacial score (nSPS) is 21.2. The molecule has 0 aliphatic carbocycles. The summed E-state index contributed by atoms with van der Waals surface area (Å²) in [7, 11) is 0. The molecule has 1 aromatic rings. The Balaban J connectivity index is 1.75. The Kier molecular flexibility index (Phi) is 4.54. The number of likely N-dealkylation sites (tertiary alicyclic amines) is 1. The number of nitrogens with zero attached hydrogens (tertiary/aromatic N) is 2. The maximum absolute atomic E-state index is 4.56. The van der Waals surface area contributed by atoms with Crippen molar-refractivity contribution in [1.29, 1.82) is 0 Å². The molecule has 1 atom stereocenters. The number of nitrogens with one attached hydrogen (secondary N) is 1. The maximum Gasteiger partial charge on any atom is 0.107 e. The fourth-order valence-electron chi connectivity index (χ4n) is 2.50. The summed E-state index contributed by atoms with van der Waals surface area (Å²) in [6.45, 7) is 11.0. The molecule has 4 heteroatoms. The molecule has 0 amide bonds. The lowest BCUT2D eigenvalue weighted by Gasteiger charge is -2.22. The van der Waals surface area contributed by atoms with E-state index < -0.39 is 0 Å². The first-order chi connectivity index (χ1) is 8.20. The number of hydrogen-bond acceptors (Lipinski definition) is 4. The summed E-state index contributed by atoms with van der Waals surface area (Å²) in [5.74, 6) is 0. The summed E-state index contributed by atoms with van der Waals surface area (Å²) < 4.78 is 0. The first-order valence-corrected chi connectivity index (χ1v) is 7.40. The minimum Gasteiger partial charge on any atom is -0.309 e. The van der Waals surface area contributed by atoms with Crippen LogP contribution in [0.3, 0.4) is 0 Å². The summed E-state index contributed by atoms with van der Waals surface area (Å²) in [5, 5.41) is 4.78. The molecular weight excluding hydrogens is 230 g/mol. The molecule has 1 unspecified atom stereocenters. The highest BCUT2D eigenvalue weighted by Crippen LogP contribution is 2.17. The molecule has 2 rings (SSSR count). The van der Waals surface area contributed by atoms with Crippen LogP contribution in [0.2, 0.25) is 0 Å². The monoisotopic (exact) mass is 253 g/mol. The Morgan fingerprint density at radius 1 is 1.47 bits per heavy atom. The number of rotatable bonds is 5. The minimum atomic E-state index is 0.738. The van der Waals surface area contributed by atoms with Crippen LogP contribution in [-0.4, -0.2) is 35.6 Å². The van der Waals surface area contributed by atoms with E-state index in [1.54, 1.807) is 0 Å². The fraction of sp³-hybridized carbons (Fsp3) is 0.769. The molecule has 0 bridgehead atoms. The number of aromatic nitrogens is 1. The summed E-state index contributed by atoms with van der Waals surface area (Å²) in [6, 6.07) is 0.738. The highest BCUT2D eigenvalue weighted by atomic mass is 32.1. The first kappa shape index (κ1) is 13.0. The van der Waals surface area contributed by atoms with E-state index >= 15 is 0 Å². The van der Waals surface area contributed by atoms with Crippen LogP contribution in [-0.2, 0) is 6.54 Å². The Bertz CT molecular complexity index is 342. The Hall–Kier alpha value is -0.450. The van der Waals surface area contributed by atoms with Gasteiger partial charge >= 0.3 is 0 Å². The third-order valence-electron chi connectivity index (χ3n) is 3.63. The van der Waals surface area contributed by atoms with Crippen molar-refractivity contribution >= 4 is 11.3 Å². The van der Waals surface area contributed by atoms with Crippen molar-refractivity contribution in [2.75, 3.05) is 19.6 Å². The smallest absolute Gasteiger partial charge is 0.107 e. The summed E-state index contributed by atoms with van der Waals surface area (Å²) >= 11 is 1.82. The van der Waals surface area contributed by atoms with Gasteiger partial charge in [0, 0.05) is 24.0 Å². The molecule has 3 nitrogen and oxygen atoms in total. The maximum atomic E-state index is 4.56. The molecule has 1 aromatic heterocycles. The molecule has 1 saturated heterocycles. The molecule has 0 spiro atoms. The first-order valence-electron chi connectivity index (χ1n) is 6.58. The molecular formula is C13H23N3S.